The number of rotatable bonds is 1. The van der Waals surface area contributed by atoms with Gasteiger partial charge < -0.3 is 10.7 Å². The summed E-state index contributed by atoms with van der Waals surface area (Å²) in [5, 5.41) is 1.14. The number of hydrogen-bond donors (Lipinski definition) is 2. The number of nitrogens with one attached hydrogen (secondary N) is 1. The Balaban J connectivity index is 2.28. The molecule has 0 aliphatic carbocycles. The molecule has 0 unspecified atom stereocenters. The average Bonchev–Trinajstić information content (AvgIpc) is 2.74. The third kappa shape index (κ3) is 1.54. The summed E-state index contributed by atoms with van der Waals surface area (Å²) in [6.45, 7) is 2.08. The number of aryl methyl sites for hydroxylation is 1. The summed E-state index contributed by atoms with van der Waals surface area (Å²) in [7, 11) is 0. The van der Waals surface area contributed by atoms with Crippen LogP contribution < -0.4 is 5.73 Å². The van der Waals surface area contributed by atoms with Gasteiger partial charge in [-0.25, -0.2) is 4.98 Å². The second-order valence-electron chi connectivity index (χ2n) is 4.03. The highest BCUT2D eigenvalue weighted by molar-refractivity contribution is 5.96. The van der Waals surface area contributed by atoms with Gasteiger partial charge in [-0.15, -0.1) is 0 Å². The van der Waals surface area contributed by atoms with Crippen LogP contribution in [0.1, 0.15) is 5.56 Å². The Bertz CT molecular complexity index is 685. The first-order valence-electron chi connectivity index (χ1n) is 5.40. The highest BCUT2D eigenvalue weighted by Crippen LogP contribution is 2.28. The van der Waals surface area contributed by atoms with Crippen molar-refractivity contribution in [2.24, 2.45) is 0 Å². The lowest BCUT2D eigenvalue weighted by Gasteiger charge is -2.00. The number of fused-ring (bicyclic) bond motifs is 1. The molecular formula is C13H12N4. The van der Waals surface area contributed by atoms with Gasteiger partial charge in [-0.05, 0) is 12.5 Å². The molecular weight excluding hydrogens is 212 g/mol. The van der Waals surface area contributed by atoms with Crippen molar-refractivity contribution in [2.45, 2.75) is 6.92 Å². The van der Waals surface area contributed by atoms with Crippen LogP contribution in [-0.2, 0) is 0 Å². The fraction of sp³-hybridized carbons (Fsp3) is 0.0769. The Morgan fingerprint density at radius 3 is 2.94 bits per heavy atom. The number of nitrogens with two attached hydrogens (primary N) is 1. The van der Waals surface area contributed by atoms with Crippen LogP contribution in [0.25, 0.3) is 22.2 Å². The first-order chi connectivity index (χ1) is 8.25. The molecule has 2 heterocycles. The molecule has 0 saturated heterocycles. The summed E-state index contributed by atoms with van der Waals surface area (Å²) in [4.78, 5) is 11.6. The summed E-state index contributed by atoms with van der Waals surface area (Å²) in [6.07, 6.45) is 5.21. The van der Waals surface area contributed by atoms with Gasteiger partial charge in [0.25, 0.3) is 0 Å². The molecule has 3 rings (SSSR count). The number of nitrogens with zero attached hydrogens (tertiary/aromatic N) is 2. The molecule has 84 valence electrons. The first-order valence-corrected chi connectivity index (χ1v) is 5.40. The number of aromatic amines is 1. The summed E-state index contributed by atoms with van der Waals surface area (Å²) in [5.74, 6) is 0.435. The summed E-state index contributed by atoms with van der Waals surface area (Å²) in [6, 6.07) is 6.18. The van der Waals surface area contributed by atoms with Gasteiger partial charge in [0.05, 0.1) is 18.1 Å². The van der Waals surface area contributed by atoms with Crippen LogP contribution in [0.4, 0.5) is 5.82 Å². The van der Waals surface area contributed by atoms with E-state index < -0.39 is 0 Å². The Kier molecular flexibility index (Phi) is 2.08. The normalized spacial score (nSPS) is 10.9. The number of benzene rings is 1. The topological polar surface area (TPSA) is 67.6 Å². The van der Waals surface area contributed by atoms with E-state index >= 15 is 0 Å². The largest absolute Gasteiger partial charge is 0.382 e. The monoisotopic (exact) mass is 224 g/mol. The fourth-order valence-electron chi connectivity index (χ4n) is 2.03. The second kappa shape index (κ2) is 3.59. The maximum atomic E-state index is 5.65. The Morgan fingerprint density at radius 2 is 2.12 bits per heavy atom. The van der Waals surface area contributed by atoms with Crippen molar-refractivity contribution in [3.8, 4) is 11.3 Å². The van der Waals surface area contributed by atoms with Gasteiger partial charge in [-0.3, -0.25) is 4.98 Å². The summed E-state index contributed by atoms with van der Waals surface area (Å²) in [5.41, 5.74) is 9.82. The molecule has 4 nitrogen and oxygen atoms in total. The van der Waals surface area contributed by atoms with E-state index in [1.165, 1.54) is 5.56 Å². The molecule has 0 amide bonds. The van der Waals surface area contributed by atoms with E-state index in [9.17, 15) is 0 Å². The van der Waals surface area contributed by atoms with E-state index in [0.717, 1.165) is 22.2 Å². The lowest BCUT2D eigenvalue weighted by Crippen LogP contribution is -1.92. The summed E-state index contributed by atoms with van der Waals surface area (Å²) >= 11 is 0. The molecule has 0 fully saturated rings. The van der Waals surface area contributed by atoms with Crippen LogP contribution in [0.2, 0.25) is 0 Å². The van der Waals surface area contributed by atoms with E-state index in [0.29, 0.717) is 5.82 Å². The predicted molar refractivity (Wildman–Crippen MR) is 68.5 cm³/mol. The quantitative estimate of drug-likeness (QED) is 0.667. The van der Waals surface area contributed by atoms with Crippen molar-refractivity contribution in [1.29, 1.82) is 0 Å². The lowest BCUT2D eigenvalue weighted by molar-refractivity contribution is 1.22. The number of H-pyrrole nitrogens is 1. The number of anilines is 1. The molecule has 0 radical (unpaired) electrons. The molecule has 0 atom stereocenters. The van der Waals surface area contributed by atoms with Crippen molar-refractivity contribution in [3.63, 3.8) is 0 Å². The molecule has 0 spiro atoms. The summed E-state index contributed by atoms with van der Waals surface area (Å²) < 4.78 is 0. The van der Waals surface area contributed by atoms with Crippen molar-refractivity contribution in [1.82, 2.24) is 15.0 Å². The Morgan fingerprint density at radius 1 is 1.24 bits per heavy atom. The van der Waals surface area contributed by atoms with Crippen LogP contribution in [0.3, 0.4) is 0 Å². The molecule has 0 aliphatic heterocycles. The third-order valence-electron chi connectivity index (χ3n) is 2.85. The standard InChI is InChI=1S/C13H12N4/c1-8-3-2-4-9-10(5-16-13(8)9)11-6-15-7-12(14)17-11/h2-7,16H,1H3,(H2,14,17). The maximum absolute atomic E-state index is 5.65. The lowest BCUT2D eigenvalue weighted by atomic mass is 10.1. The number of aromatic nitrogens is 3. The van der Waals surface area contributed by atoms with Gasteiger partial charge in [0, 0.05) is 22.7 Å². The number of hydrogen-bond acceptors (Lipinski definition) is 3. The zero-order valence-electron chi connectivity index (χ0n) is 9.44. The molecule has 3 aromatic rings. The zero-order chi connectivity index (χ0) is 11.8. The van der Waals surface area contributed by atoms with Gasteiger partial charge in [0.1, 0.15) is 5.82 Å². The van der Waals surface area contributed by atoms with Crippen LogP contribution in [0.5, 0.6) is 0 Å². The maximum Gasteiger partial charge on any atom is 0.142 e. The Labute approximate surface area is 98.5 Å². The molecule has 2 aromatic heterocycles. The van der Waals surface area contributed by atoms with E-state index in [-0.39, 0.29) is 0 Å². The van der Waals surface area contributed by atoms with Gasteiger partial charge >= 0.3 is 0 Å². The van der Waals surface area contributed by atoms with E-state index in [1.54, 1.807) is 12.4 Å². The number of para-hydroxylation sites is 1. The average molecular weight is 224 g/mol. The molecule has 17 heavy (non-hydrogen) atoms. The number of nitrogen functional groups attached to an aromatic ring is 1. The minimum absolute atomic E-state index is 0.435. The molecule has 4 heteroatoms. The highest BCUT2D eigenvalue weighted by atomic mass is 14.9. The molecule has 0 saturated carbocycles. The second-order valence-corrected chi connectivity index (χ2v) is 4.03. The van der Waals surface area contributed by atoms with E-state index in [4.69, 9.17) is 5.73 Å². The highest BCUT2D eigenvalue weighted by Gasteiger charge is 2.08. The van der Waals surface area contributed by atoms with Crippen LogP contribution in [0, 0.1) is 6.92 Å². The smallest absolute Gasteiger partial charge is 0.142 e. The van der Waals surface area contributed by atoms with Gasteiger partial charge in [0.2, 0.25) is 0 Å². The van der Waals surface area contributed by atoms with Crippen molar-refractivity contribution in [3.05, 3.63) is 42.4 Å². The third-order valence-corrected chi connectivity index (χ3v) is 2.85. The predicted octanol–water partition coefficient (Wildman–Crippen LogP) is 2.52. The van der Waals surface area contributed by atoms with Gasteiger partial charge in [0.15, 0.2) is 0 Å². The van der Waals surface area contributed by atoms with Gasteiger partial charge in [-0.1, -0.05) is 18.2 Å². The molecule has 1 aromatic carbocycles. The first kappa shape index (κ1) is 9.84. The van der Waals surface area contributed by atoms with Crippen LogP contribution in [-0.4, -0.2) is 15.0 Å². The van der Waals surface area contributed by atoms with E-state index in [2.05, 4.69) is 34.0 Å². The minimum Gasteiger partial charge on any atom is -0.382 e. The van der Waals surface area contributed by atoms with E-state index in [1.807, 2.05) is 12.3 Å². The Hall–Kier alpha value is -2.36. The fourth-order valence-corrected chi connectivity index (χ4v) is 2.03. The molecule has 0 aliphatic rings. The van der Waals surface area contributed by atoms with Crippen LogP contribution in [0.15, 0.2) is 36.8 Å². The minimum atomic E-state index is 0.435. The van der Waals surface area contributed by atoms with Gasteiger partial charge in [-0.2, -0.15) is 0 Å². The SMILES string of the molecule is Cc1cccc2c(-c3cncc(N)n3)c[nH]c12. The van der Waals surface area contributed by atoms with Crippen molar-refractivity contribution in [2.75, 3.05) is 5.73 Å². The molecule has 3 N–H and O–H groups in total. The van der Waals surface area contributed by atoms with Crippen LogP contribution >= 0.6 is 0 Å². The zero-order valence-corrected chi connectivity index (χ0v) is 9.44. The molecule has 0 bridgehead atoms. The van der Waals surface area contributed by atoms with Crippen molar-refractivity contribution >= 4 is 16.7 Å². The van der Waals surface area contributed by atoms with Crippen molar-refractivity contribution < 1.29 is 0 Å².